The summed E-state index contributed by atoms with van der Waals surface area (Å²) in [4.78, 5) is 0. The van der Waals surface area contributed by atoms with Crippen LogP contribution in [-0.4, -0.2) is 34.0 Å². The Kier molecular flexibility index (Phi) is 4.11. The van der Waals surface area contributed by atoms with Crippen LogP contribution >= 0.6 is 0 Å². The van der Waals surface area contributed by atoms with E-state index in [0.717, 1.165) is 11.1 Å². The topological polar surface area (TPSA) is 67.3 Å². The van der Waals surface area contributed by atoms with Crippen LogP contribution in [0.5, 0.6) is 11.6 Å². The normalized spacial score (nSPS) is 15.1. The van der Waals surface area contributed by atoms with Crippen molar-refractivity contribution >= 4 is 5.57 Å². The first kappa shape index (κ1) is 15.6. The number of rotatable bonds is 4. The molecule has 5 nitrogen and oxygen atoms in total. The minimum absolute atomic E-state index is 0.321. The Morgan fingerprint density at radius 3 is 2.43 bits per heavy atom. The molecule has 0 spiro atoms. The highest BCUT2D eigenvalue weighted by Crippen LogP contribution is 2.29. The molecule has 0 aliphatic carbocycles. The predicted octanol–water partition coefficient (Wildman–Crippen LogP) is 2.54. The van der Waals surface area contributed by atoms with Crippen LogP contribution < -0.4 is 10.1 Å². The quantitative estimate of drug-likeness (QED) is 0.907. The Balaban J connectivity index is 1.81. The average molecular weight is 315 g/mol. The van der Waals surface area contributed by atoms with E-state index in [-0.39, 0.29) is 5.82 Å². The van der Waals surface area contributed by atoms with Gasteiger partial charge in [0.2, 0.25) is 5.88 Å². The van der Waals surface area contributed by atoms with Crippen LogP contribution in [0.15, 0.2) is 42.0 Å². The summed E-state index contributed by atoms with van der Waals surface area (Å²) in [5.74, 6) is 0.503. The second kappa shape index (κ2) is 6.06. The highest BCUT2D eigenvalue weighted by atomic mass is 19.1. The molecule has 2 heterocycles. The second-order valence-corrected chi connectivity index (χ2v) is 5.93. The fraction of sp³-hybridized carbons (Fsp3) is 0.294. The van der Waals surface area contributed by atoms with E-state index in [1.807, 2.05) is 0 Å². The summed E-state index contributed by atoms with van der Waals surface area (Å²) in [6, 6.07) is 9.21. The third kappa shape index (κ3) is 3.55. The molecule has 2 N–H and O–H groups in total. The molecule has 0 unspecified atom stereocenters. The minimum Gasteiger partial charge on any atom is -0.438 e. The van der Waals surface area contributed by atoms with E-state index >= 15 is 0 Å². The number of halogens is 1. The first-order valence-corrected chi connectivity index (χ1v) is 7.36. The van der Waals surface area contributed by atoms with Crippen molar-refractivity contribution in [3.63, 3.8) is 0 Å². The number of nitrogens with zero attached hydrogens (tertiary/aromatic N) is 2. The third-order valence-electron chi connectivity index (χ3n) is 3.69. The monoisotopic (exact) mass is 315 g/mol. The largest absolute Gasteiger partial charge is 0.438 e. The Morgan fingerprint density at radius 2 is 1.83 bits per heavy atom. The molecule has 0 saturated heterocycles. The summed E-state index contributed by atoms with van der Waals surface area (Å²) < 4.78 is 18.4. The first-order chi connectivity index (χ1) is 10.9. The fourth-order valence-corrected chi connectivity index (χ4v) is 2.52. The highest BCUT2D eigenvalue weighted by molar-refractivity contribution is 5.71. The minimum atomic E-state index is -0.899. The molecule has 1 aliphatic heterocycles. The van der Waals surface area contributed by atoms with Crippen molar-refractivity contribution in [3.8, 4) is 11.6 Å². The molecule has 120 valence electrons. The van der Waals surface area contributed by atoms with Gasteiger partial charge in [-0.15, -0.1) is 10.2 Å². The van der Waals surface area contributed by atoms with Gasteiger partial charge in [-0.05, 0) is 55.3 Å². The van der Waals surface area contributed by atoms with Crippen molar-refractivity contribution in [2.24, 2.45) is 0 Å². The molecule has 0 bridgehead atoms. The van der Waals surface area contributed by atoms with Crippen LogP contribution in [0.1, 0.15) is 19.5 Å². The van der Waals surface area contributed by atoms with E-state index in [9.17, 15) is 9.50 Å². The zero-order valence-corrected chi connectivity index (χ0v) is 13.0. The lowest BCUT2D eigenvalue weighted by molar-refractivity contribution is 0.119. The highest BCUT2D eigenvalue weighted by Gasteiger charge is 2.28. The van der Waals surface area contributed by atoms with Crippen molar-refractivity contribution in [1.82, 2.24) is 15.5 Å². The van der Waals surface area contributed by atoms with Gasteiger partial charge in [-0.2, -0.15) is 0 Å². The Morgan fingerprint density at radius 1 is 1.09 bits per heavy atom. The standard InChI is InChI=1S/C17H18FN3O2/c1-17(2,22)14-10-19-9-13(14)15-7-8-16(21-20-15)23-12-5-3-11(18)4-6-12/h3-8,19,22H,9-10H2,1-2H3. The second-order valence-electron chi connectivity index (χ2n) is 5.93. The number of aliphatic hydroxyl groups is 1. The maximum atomic E-state index is 12.9. The van der Waals surface area contributed by atoms with Gasteiger partial charge in [-0.1, -0.05) is 0 Å². The van der Waals surface area contributed by atoms with Crippen LogP contribution in [0.4, 0.5) is 4.39 Å². The molecule has 3 rings (SSSR count). The average Bonchev–Trinajstić information content (AvgIpc) is 3.00. The van der Waals surface area contributed by atoms with Gasteiger partial charge in [-0.3, -0.25) is 0 Å². The zero-order valence-electron chi connectivity index (χ0n) is 13.0. The van der Waals surface area contributed by atoms with E-state index in [1.165, 1.54) is 24.3 Å². The number of aromatic nitrogens is 2. The van der Waals surface area contributed by atoms with Crippen molar-refractivity contribution in [1.29, 1.82) is 0 Å². The molecule has 6 heteroatoms. The number of benzene rings is 1. The van der Waals surface area contributed by atoms with E-state index in [0.29, 0.717) is 30.4 Å². The third-order valence-corrected chi connectivity index (χ3v) is 3.69. The fourth-order valence-electron chi connectivity index (χ4n) is 2.52. The Hall–Kier alpha value is -2.31. The molecule has 0 atom stereocenters. The van der Waals surface area contributed by atoms with Crippen molar-refractivity contribution in [3.05, 3.63) is 53.5 Å². The van der Waals surface area contributed by atoms with Gasteiger partial charge in [-0.25, -0.2) is 4.39 Å². The zero-order chi connectivity index (χ0) is 16.4. The smallest absolute Gasteiger partial charge is 0.238 e. The summed E-state index contributed by atoms with van der Waals surface area (Å²) in [5, 5.41) is 21.7. The molecule has 1 aromatic heterocycles. The van der Waals surface area contributed by atoms with Crippen LogP contribution in [0.25, 0.3) is 5.57 Å². The van der Waals surface area contributed by atoms with Gasteiger partial charge in [0.15, 0.2) is 0 Å². The predicted molar refractivity (Wildman–Crippen MR) is 84.6 cm³/mol. The number of hydrogen-bond donors (Lipinski definition) is 2. The molecule has 0 radical (unpaired) electrons. The summed E-state index contributed by atoms with van der Waals surface area (Å²) in [7, 11) is 0. The van der Waals surface area contributed by atoms with Crippen molar-refractivity contribution in [2.45, 2.75) is 19.4 Å². The SMILES string of the molecule is CC(C)(O)C1=C(c2ccc(Oc3ccc(F)cc3)nn2)CNC1. The molecule has 23 heavy (non-hydrogen) atoms. The van der Waals surface area contributed by atoms with Gasteiger partial charge in [0.25, 0.3) is 0 Å². The van der Waals surface area contributed by atoms with Gasteiger partial charge in [0.1, 0.15) is 11.6 Å². The van der Waals surface area contributed by atoms with Gasteiger partial charge in [0, 0.05) is 19.2 Å². The van der Waals surface area contributed by atoms with E-state index in [2.05, 4.69) is 15.5 Å². The molecule has 0 saturated carbocycles. The lowest BCUT2D eigenvalue weighted by atomic mass is 9.94. The molecule has 1 aliphatic rings. The maximum absolute atomic E-state index is 12.9. The van der Waals surface area contributed by atoms with Crippen LogP contribution in [-0.2, 0) is 0 Å². The summed E-state index contributed by atoms with van der Waals surface area (Å²) in [6.07, 6.45) is 0. The molecule has 0 fully saturated rings. The van der Waals surface area contributed by atoms with Crippen LogP contribution in [0.2, 0.25) is 0 Å². The van der Waals surface area contributed by atoms with E-state index < -0.39 is 5.60 Å². The summed E-state index contributed by atoms with van der Waals surface area (Å²) >= 11 is 0. The lowest BCUT2D eigenvalue weighted by Gasteiger charge is -2.20. The molecule has 1 aromatic carbocycles. The van der Waals surface area contributed by atoms with Gasteiger partial charge < -0.3 is 15.2 Å². The summed E-state index contributed by atoms with van der Waals surface area (Å²) in [5.41, 5.74) is 1.68. The summed E-state index contributed by atoms with van der Waals surface area (Å²) in [6.45, 7) is 4.80. The molecule has 2 aromatic rings. The van der Waals surface area contributed by atoms with Crippen molar-refractivity contribution < 1.29 is 14.2 Å². The van der Waals surface area contributed by atoms with Crippen LogP contribution in [0, 0.1) is 5.82 Å². The Labute approximate surface area is 133 Å². The van der Waals surface area contributed by atoms with Gasteiger partial charge in [0.05, 0.1) is 11.3 Å². The maximum Gasteiger partial charge on any atom is 0.238 e. The van der Waals surface area contributed by atoms with E-state index in [1.54, 1.807) is 26.0 Å². The molecular formula is C17H18FN3O2. The molecule has 0 amide bonds. The lowest BCUT2D eigenvalue weighted by Crippen LogP contribution is -2.25. The first-order valence-electron chi connectivity index (χ1n) is 7.36. The Bertz CT molecular complexity index is 719. The van der Waals surface area contributed by atoms with Crippen LogP contribution in [0.3, 0.4) is 0 Å². The van der Waals surface area contributed by atoms with Gasteiger partial charge >= 0.3 is 0 Å². The number of ether oxygens (including phenoxy) is 1. The van der Waals surface area contributed by atoms with E-state index in [4.69, 9.17) is 4.74 Å². The number of hydrogen-bond acceptors (Lipinski definition) is 5. The molecular weight excluding hydrogens is 297 g/mol. The number of nitrogens with one attached hydrogen (secondary N) is 1. The van der Waals surface area contributed by atoms with Crippen molar-refractivity contribution in [2.75, 3.05) is 13.1 Å².